The minimum Gasteiger partial charge on any atom is -0.488 e. The lowest BCUT2D eigenvalue weighted by Gasteiger charge is -2.15. The van der Waals surface area contributed by atoms with Gasteiger partial charge < -0.3 is 9.84 Å². The summed E-state index contributed by atoms with van der Waals surface area (Å²) in [6.07, 6.45) is -0.687. The van der Waals surface area contributed by atoms with Gasteiger partial charge in [-0.1, -0.05) is 19.9 Å². The fourth-order valence-corrected chi connectivity index (χ4v) is 0.963. The van der Waals surface area contributed by atoms with Crippen LogP contribution in [0.3, 0.4) is 0 Å². The molecule has 0 fully saturated rings. The first-order valence-corrected chi connectivity index (χ1v) is 4.77. The van der Waals surface area contributed by atoms with Gasteiger partial charge in [0.15, 0.2) is 11.6 Å². The Morgan fingerprint density at radius 1 is 1.33 bits per heavy atom. The van der Waals surface area contributed by atoms with E-state index < -0.39 is 17.7 Å². The Morgan fingerprint density at radius 3 is 2.60 bits per heavy atom. The van der Waals surface area contributed by atoms with Crippen LogP contribution < -0.4 is 4.74 Å². The molecular formula is C11H14F2O2. The van der Waals surface area contributed by atoms with Gasteiger partial charge in [-0.2, -0.15) is 4.39 Å². The van der Waals surface area contributed by atoms with Gasteiger partial charge >= 0.3 is 0 Å². The van der Waals surface area contributed by atoms with Crippen molar-refractivity contribution in [3.05, 3.63) is 29.8 Å². The molecule has 0 aliphatic carbocycles. The Morgan fingerprint density at radius 2 is 2.00 bits per heavy atom. The van der Waals surface area contributed by atoms with Crippen LogP contribution in [0.1, 0.15) is 13.8 Å². The summed E-state index contributed by atoms with van der Waals surface area (Å²) in [5.41, 5.74) is 0. The van der Waals surface area contributed by atoms with Crippen molar-refractivity contribution in [1.29, 1.82) is 0 Å². The van der Waals surface area contributed by atoms with Crippen molar-refractivity contribution >= 4 is 0 Å². The molecule has 15 heavy (non-hydrogen) atoms. The lowest BCUT2D eigenvalue weighted by molar-refractivity contribution is 0.0681. The van der Waals surface area contributed by atoms with Crippen molar-refractivity contribution in [2.45, 2.75) is 20.0 Å². The molecule has 2 nitrogen and oxygen atoms in total. The summed E-state index contributed by atoms with van der Waals surface area (Å²) in [6.45, 7) is 3.59. The summed E-state index contributed by atoms with van der Waals surface area (Å²) >= 11 is 0. The number of aliphatic hydroxyl groups is 1. The molecule has 0 aliphatic rings. The third kappa shape index (κ3) is 3.16. The SMILES string of the molecule is CC(C)C(O)COc1cccc(F)c1F. The summed E-state index contributed by atoms with van der Waals surface area (Å²) in [7, 11) is 0. The zero-order valence-electron chi connectivity index (χ0n) is 8.71. The predicted molar refractivity (Wildman–Crippen MR) is 52.7 cm³/mol. The zero-order chi connectivity index (χ0) is 11.4. The Kier molecular flexibility index (Phi) is 4.03. The van der Waals surface area contributed by atoms with E-state index in [0.29, 0.717) is 0 Å². The van der Waals surface area contributed by atoms with E-state index in [1.807, 2.05) is 13.8 Å². The Balaban J connectivity index is 2.62. The smallest absolute Gasteiger partial charge is 0.200 e. The summed E-state index contributed by atoms with van der Waals surface area (Å²) in [4.78, 5) is 0. The normalized spacial score (nSPS) is 12.9. The van der Waals surface area contributed by atoms with Crippen LogP contribution in [0.5, 0.6) is 5.75 Å². The van der Waals surface area contributed by atoms with Gasteiger partial charge in [-0.05, 0) is 18.1 Å². The van der Waals surface area contributed by atoms with Crippen LogP contribution >= 0.6 is 0 Å². The van der Waals surface area contributed by atoms with Crippen LogP contribution in [0.15, 0.2) is 18.2 Å². The van der Waals surface area contributed by atoms with Crippen LogP contribution in [0.25, 0.3) is 0 Å². The highest BCUT2D eigenvalue weighted by Gasteiger charge is 2.13. The van der Waals surface area contributed by atoms with Gasteiger partial charge in [-0.25, -0.2) is 4.39 Å². The van der Waals surface area contributed by atoms with Gasteiger partial charge in [-0.15, -0.1) is 0 Å². The van der Waals surface area contributed by atoms with Gasteiger partial charge in [-0.3, -0.25) is 0 Å². The first kappa shape index (κ1) is 11.9. The first-order valence-electron chi connectivity index (χ1n) is 4.77. The number of benzene rings is 1. The van der Waals surface area contributed by atoms with Crippen molar-refractivity contribution in [3.8, 4) is 5.75 Å². The molecule has 0 aromatic heterocycles. The highest BCUT2D eigenvalue weighted by atomic mass is 19.2. The van der Waals surface area contributed by atoms with Crippen molar-refractivity contribution in [1.82, 2.24) is 0 Å². The van der Waals surface area contributed by atoms with Crippen LogP contribution in [0.4, 0.5) is 8.78 Å². The molecule has 1 atom stereocenters. The van der Waals surface area contributed by atoms with Crippen molar-refractivity contribution in [3.63, 3.8) is 0 Å². The van der Waals surface area contributed by atoms with Crippen LogP contribution in [0, 0.1) is 17.6 Å². The number of hydrogen-bond acceptors (Lipinski definition) is 2. The molecule has 4 heteroatoms. The van der Waals surface area contributed by atoms with E-state index in [1.54, 1.807) is 0 Å². The average molecular weight is 216 g/mol. The van der Waals surface area contributed by atoms with E-state index in [1.165, 1.54) is 12.1 Å². The number of hydrogen-bond donors (Lipinski definition) is 1. The van der Waals surface area contributed by atoms with E-state index >= 15 is 0 Å². The predicted octanol–water partition coefficient (Wildman–Crippen LogP) is 2.36. The minimum atomic E-state index is -1.02. The molecule has 0 heterocycles. The van der Waals surface area contributed by atoms with E-state index in [0.717, 1.165) is 6.07 Å². The lowest BCUT2D eigenvalue weighted by atomic mass is 10.1. The largest absolute Gasteiger partial charge is 0.488 e. The molecule has 0 saturated carbocycles. The molecule has 0 aliphatic heterocycles. The third-order valence-corrected chi connectivity index (χ3v) is 2.10. The Labute approximate surface area is 87.5 Å². The lowest BCUT2D eigenvalue weighted by Crippen LogP contribution is -2.23. The van der Waals surface area contributed by atoms with Crippen molar-refractivity contribution in [2.24, 2.45) is 5.92 Å². The highest BCUT2D eigenvalue weighted by molar-refractivity contribution is 5.25. The van der Waals surface area contributed by atoms with Crippen LogP contribution in [-0.4, -0.2) is 17.8 Å². The third-order valence-electron chi connectivity index (χ3n) is 2.10. The number of aliphatic hydroxyl groups excluding tert-OH is 1. The summed E-state index contributed by atoms with van der Waals surface area (Å²) in [5.74, 6) is -2.13. The molecule has 0 spiro atoms. The molecular weight excluding hydrogens is 202 g/mol. The maximum atomic E-state index is 13.1. The van der Waals surface area contributed by atoms with Crippen LogP contribution in [-0.2, 0) is 0 Å². The molecule has 0 saturated heterocycles. The standard InChI is InChI=1S/C11H14F2O2/c1-7(2)9(14)6-15-10-5-3-4-8(12)11(10)13/h3-5,7,9,14H,6H2,1-2H3. The summed E-state index contributed by atoms with van der Waals surface area (Å²) in [6, 6.07) is 3.70. The summed E-state index contributed by atoms with van der Waals surface area (Å²) < 4.78 is 30.8. The maximum Gasteiger partial charge on any atom is 0.200 e. The molecule has 1 N–H and O–H groups in total. The number of ether oxygens (including phenoxy) is 1. The van der Waals surface area contributed by atoms with Crippen LogP contribution in [0.2, 0.25) is 0 Å². The van der Waals surface area contributed by atoms with E-state index in [2.05, 4.69) is 0 Å². The fourth-order valence-electron chi connectivity index (χ4n) is 0.963. The quantitative estimate of drug-likeness (QED) is 0.837. The molecule has 1 aromatic carbocycles. The zero-order valence-corrected chi connectivity index (χ0v) is 8.71. The number of rotatable bonds is 4. The number of halogens is 2. The molecule has 0 amide bonds. The Hall–Kier alpha value is -1.16. The van der Waals surface area contributed by atoms with Gasteiger partial charge in [0.25, 0.3) is 0 Å². The van der Waals surface area contributed by atoms with E-state index in [4.69, 9.17) is 4.74 Å². The highest BCUT2D eigenvalue weighted by Crippen LogP contribution is 2.19. The molecule has 0 bridgehead atoms. The molecule has 0 radical (unpaired) electrons. The molecule has 84 valence electrons. The topological polar surface area (TPSA) is 29.5 Å². The van der Waals surface area contributed by atoms with Gasteiger partial charge in [0.2, 0.25) is 5.82 Å². The molecule has 1 aromatic rings. The average Bonchev–Trinajstić information content (AvgIpc) is 2.19. The maximum absolute atomic E-state index is 13.1. The molecule has 1 rings (SSSR count). The van der Waals surface area contributed by atoms with E-state index in [9.17, 15) is 13.9 Å². The van der Waals surface area contributed by atoms with Gasteiger partial charge in [0.05, 0.1) is 6.10 Å². The van der Waals surface area contributed by atoms with Gasteiger partial charge in [0, 0.05) is 0 Å². The minimum absolute atomic E-state index is 0.0154. The van der Waals surface area contributed by atoms with Gasteiger partial charge in [0.1, 0.15) is 6.61 Å². The fraction of sp³-hybridized carbons (Fsp3) is 0.455. The monoisotopic (exact) mass is 216 g/mol. The second kappa shape index (κ2) is 5.07. The second-order valence-corrected chi connectivity index (χ2v) is 3.67. The summed E-state index contributed by atoms with van der Waals surface area (Å²) in [5, 5.41) is 9.41. The van der Waals surface area contributed by atoms with Crippen molar-refractivity contribution in [2.75, 3.05) is 6.61 Å². The Bertz CT molecular complexity index is 326. The van der Waals surface area contributed by atoms with Crippen molar-refractivity contribution < 1.29 is 18.6 Å². The van der Waals surface area contributed by atoms with E-state index in [-0.39, 0.29) is 18.3 Å². The first-order chi connectivity index (χ1) is 7.02. The molecule has 1 unspecified atom stereocenters. The second-order valence-electron chi connectivity index (χ2n) is 3.67.